The summed E-state index contributed by atoms with van der Waals surface area (Å²) < 4.78 is 0. The first-order valence-electron chi connectivity index (χ1n) is 6.74. The van der Waals surface area contributed by atoms with Gasteiger partial charge < -0.3 is 9.79 Å². The molecule has 0 rings (SSSR count). The number of unbranched alkanes of at least 4 members (excludes halogenated alkanes) is 6. The van der Waals surface area contributed by atoms with Crippen molar-refractivity contribution in [2.75, 3.05) is 11.5 Å². The average Bonchev–Trinajstić information content (AvgIpc) is 2.25. The van der Waals surface area contributed by atoms with Crippen molar-refractivity contribution in [3.05, 3.63) is 0 Å². The molecule has 5 heteroatoms. The van der Waals surface area contributed by atoms with Gasteiger partial charge in [-0.2, -0.15) is 0 Å². The van der Waals surface area contributed by atoms with Gasteiger partial charge in [0.2, 0.25) is 5.84 Å². The van der Waals surface area contributed by atoms with E-state index in [0.29, 0.717) is 0 Å². The number of rotatable bonds is 10. The van der Waals surface area contributed by atoms with Gasteiger partial charge in [0.15, 0.2) is 0 Å². The van der Waals surface area contributed by atoms with Crippen molar-refractivity contribution in [1.29, 1.82) is 0 Å². The van der Waals surface area contributed by atoms with Crippen LogP contribution in [-0.4, -0.2) is 21.3 Å². The van der Waals surface area contributed by atoms with Gasteiger partial charge in [-0.3, -0.25) is 0 Å². The van der Waals surface area contributed by atoms with Gasteiger partial charge >= 0.3 is 0 Å². The third kappa shape index (κ3) is 10.6. The quantitative estimate of drug-likeness (QED) is 0.455. The van der Waals surface area contributed by atoms with Gasteiger partial charge in [-0.25, -0.2) is 0 Å². The summed E-state index contributed by atoms with van der Waals surface area (Å²) in [5, 5.41) is 0. The Balaban J connectivity index is 4.01. The molecule has 17 heavy (non-hydrogen) atoms. The van der Waals surface area contributed by atoms with E-state index in [9.17, 15) is 9.79 Å². The van der Waals surface area contributed by atoms with Crippen LogP contribution in [0.5, 0.6) is 0 Å². The first-order valence-corrected chi connectivity index (χ1v) is 11.5. The monoisotopic (exact) mass is 302 g/mol. The van der Waals surface area contributed by atoms with Crippen LogP contribution in [0.1, 0.15) is 65.2 Å². The van der Waals surface area contributed by atoms with Crippen molar-refractivity contribution in [3.63, 3.8) is 0 Å². The molecule has 106 valence electrons. The molecule has 0 atom stereocenters. The minimum absolute atomic E-state index is 0.361. The Kier molecular flexibility index (Phi) is 11.5. The van der Waals surface area contributed by atoms with Gasteiger partial charge in [-0.05, 0) is 35.6 Å². The third-order valence-corrected chi connectivity index (χ3v) is 9.80. The lowest BCUT2D eigenvalue weighted by molar-refractivity contribution is 0.499. The molecule has 0 fully saturated rings. The van der Waals surface area contributed by atoms with Crippen LogP contribution in [0, 0.1) is 0 Å². The SMILES string of the molecule is CCCCCCS(CCCCCC)=P(O)(O)Cl. The van der Waals surface area contributed by atoms with Crippen LogP contribution in [0.25, 0.3) is 0 Å². The van der Waals surface area contributed by atoms with E-state index in [1.165, 1.54) is 38.5 Å². The molecule has 0 heterocycles. The zero-order valence-corrected chi connectivity index (χ0v) is 13.7. The summed E-state index contributed by atoms with van der Waals surface area (Å²) in [5.74, 6) is -1.32. The fourth-order valence-electron chi connectivity index (χ4n) is 1.73. The molecule has 0 aliphatic heterocycles. The van der Waals surface area contributed by atoms with E-state index >= 15 is 0 Å². The Bertz CT molecular complexity index is 218. The summed E-state index contributed by atoms with van der Waals surface area (Å²) in [4.78, 5) is 19.3. The van der Waals surface area contributed by atoms with E-state index in [1.807, 2.05) is 0 Å². The molecule has 0 unspecified atom stereocenters. The van der Waals surface area contributed by atoms with Gasteiger partial charge in [0.05, 0.1) is 0 Å². The third-order valence-electron chi connectivity index (χ3n) is 2.80. The molecule has 2 nitrogen and oxygen atoms in total. The zero-order valence-electron chi connectivity index (χ0n) is 11.2. The number of halogens is 1. The zero-order chi connectivity index (χ0) is 13.1. The first-order chi connectivity index (χ1) is 8.02. The Morgan fingerprint density at radius 3 is 1.53 bits per heavy atom. The summed E-state index contributed by atoms with van der Waals surface area (Å²) in [6.07, 6.45) is 9.43. The Labute approximate surface area is 114 Å². The topological polar surface area (TPSA) is 40.5 Å². The van der Waals surface area contributed by atoms with E-state index in [4.69, 9.17) is 11.2 Å². The summed E-state index contributed by atoms with van der Waals surface area (Å²) in [7, 11) is -0.361. The highest BCUT2D eigenvalue weighted by Gasteiger charge is 2.12. The Morgan fingerprint density at radius 2 is 1.24 bits per heavy atom. The van der Waals surface area contributed by atoms with E-state index in [2.05, 4.69) is 13.8 Å². The highest BCUT2D eigenvalue weighted by atomic mass is 35.7. The first kappa shape index (κ1) is 18.0. The van der Waals surface area contributed by atoms with E-state index in [1.54, 1.807) is 0 Å². The summed E-state index contributed by atoms with van der Waals surface area (Å²) >= 11 is 5.76. The molecule has 0 radical (unpaired) electrons. The highest BCUT2D eigenvalue weighted by molar-refractivity contribution is 8.37. The van der Waals surface area contributed by atoms with Crippen molar-refractivity contribution in [1.82, 2.24) is 0 Å². The van der Waals surface area contributed by atoms with Gasteiger partial charge in [-0.15, -0.1) is 10.1 Å². The van der Waals surface area contributed by atoms with Crippen LogP contribution in [0.3, 0.4) is 0 Å². The predicted octanol–water partition coefficient (Wildman–Crippen LogP) is 4.67. The molecular formula is C12H28ClO2PS. The van der Waals surface area contributed by atoms with E-state index in [0.717, 1.165) is 24.3 Å². The van der Waals surface area contributed by atoms with Crippen LogP contribution in [-0.2, 0) is 10.1 Å². The second-order valence-corrected chi connectivity index (χ2v) is 12.2. The predicted molar refractivity (Wildman–Crippen MR) is 82.6 cm³/mol. The van der Waals surface area contributed by atoms with Gasteiger partial charge in [0, 0.05) is 0 Å². The van der Waals surface area contributed by atoms with Crippen molar-refractivity contribution in [2.24, 2.45) is 0 Å². The number of hydrogen-bond acceptors (Lipinski definition) is 0. The summed E-state index contributed by atoms with van der Waals surface area (Å²) in [6, 6.07) is 0. The van der Waals surface area contributed by atoms with E-state index < -0.39 is 5.84 Å². The molecule has 0 aliphatic carbocycles. The average molecular weight is 303 g/mol. The number of hydrogen-bond donors (Lipinski definition) is 2. The fraction of sp³-hybridized carbons (Fsp3) is 1.00. The minimum Gasteiger partial charge on any atom is -0.338 e. The molecule has 0 aromatic heterocycles. The Hall–Kier alpha value is 0.990. The second kappa shape index (κ2) is 10.9. The van der Waals surface area contributed by atoms with Crippen LogP contribution in [0.2, 0.25) is 0 Å². The fourth-order valence-corrected chi connectivity index (χ4v) is 6.88. The molecule has 0 saturated carbocycles. The largest absolute Gasteiger partial charge is 0.338 e. The van der Waals surface area contributed by atoms with Crippen molar-refractivity contribution in [3.8, 4) is 0 Å². The molecule has 0 aliphatic rings. The molecule has 0 spiro atoms. The lowest BCUT2D eigenvalue weighted by atomic mass is 10.2. The molecule has 0 aromatic rings. The van der Waals surface area contributed by atoms with Gasteiger partial charge in [0.25, 0.3) is 0 Å². The van der Waals surface area contributed by atoms with Gasteiger partial charge in [-0.1, -0.05) is 52.4 Å². The van der Waals surface area contributed by atoms with Crippen molar-refractivity contribution < 1.29 is 9.79 Å². The molecule has 2 N–H and O–H groups in total. The highest BCUT2D eigenvalue weighted by Crippen LogP contribution is 2.48. The molecular weight excluding hydrogens is 275 g/mol. The molecule has 0 bridgehead atoms. The second-order valence-electron chi connectivity index (χ2n) is 4.46. The van der Waals surface area contributed by atoms with E-state index in [-0.39, 0.29) is 10.1 Å². The normalized spacial score (nSPS) is 12.4. The van der Waals surface area contributed by atoms with Gasteiger partial charge in [0.1, 0.15) is 0 Å². The van der Waals surface area contributed by atoms with Crippen LogP contribution in [0.4, 0.5) is 0 Å². The lowest BCUT2D eigenvalue weighted by Crippen LogP contribution is -2.04. The maximum atomic E-state index is 9.63. The molecule has 0 saturated heterocycles. The van der Waals surface area contributed by atoms with Crippen LogP contribution < -0.4 is 0 Å². The minimum atomic E-state index is -3.12. The maximum absolute atomic E-state index is 9.63. The summed E-state index contributed by atoms with van der Waals surface area (Å²) in [6.45, 7) is 4.36. The van der Waals surface area contributed by atoms with Crippen molar-refractivity contribution >= 4 is 27.2 Å². The van der Waals surface area contributed by atoms with Crippen molar-refractivity contribution in [2.45, 2.75) is 65.2 Å². The molecule has 0 amide bonds. The maximum Gasteiger partial charge on any atom is 0.235 e. The van der Waals surface area contributed by atoms with Crippen LogP contribution in [0.15, 0.2) is 0 Å². The van der Waals surface area contributed by atoms with Crippen LogP contribution >= 0.6 is 17.1 Å². The summed E-state index contributed by atoms with van der Waals surface area (Å²) in [5.41, 5.74) is 0. The molecule has 0 aromatic carbocycles. The smallest absolute Gasteiger partial charge is 0.235 e. The standard InChI is InChI=1S/C12H28ClO2PS/c1-3-5-7-9-11-17(16(13,14)15)12-10-8-6-4-2/h14-15H,3-12H2,1-2H3. The lowest BCUT2D eigenvalue weighted by Gasteiger charge is -2.15. The Morgan fingerprint density at radius 1 is 0.824 bits per heavy atom.